The first-order valence-corrected chi connectivity index (χ1v) is 13.5. The molecule has 3 saturated heterocycles. The van der Waals surface area contributed by atoms with E-state index in [0.29, 0.717) is 19.6 Å². The summed E-state index contributed by atoms with van der Waals surface area (Å²) >= 11 is 1.74. The fraction of sp³-hybridized carbons (Fsp3) is 0.875. The van der Waals surface area contributed by atoms with Crippen molar-refractivity contribution in [1.82, 2.24) is 15.5 Å². The zero-order valence-corrected chi connectivity index (χ0v) is 20.7. The van der Waals surface area contributed by atoms with Crippen molar-refractivity contribution in [2.45, 2.75) is 88.2 Å². The van der Waals surface area contributed by atoms with Gasteiger partial charge in [-0.25, -0.2) is 0 Å². The van der Waals surface area contributed by atoms with Gasteiger partial charge < -0.3 is 20.6 Å². The minimum absolute atomic E-state index is 0.0130. The second-order valence-corrected chi connectivity index (χ2v) is 11.2. The van der Waals surface area contributed by atoms with Crippen molar-refractivity contribution in [2.75, 3.05) is 26.2 Å². The van der Waals surface area contributed by atoms with E-state index in [2.05, 4.69) is 24.5 Å². The third-order valence-electron chi connectivity index (χ3n) is 7.48. The third-order valence-corrected chi connectivity index (χ3v) is 9.56. The molecule has 0 aromatic carbocycles. The summed E-state index contributed by atoms with van der Waals surface area (Å²) in [6, 6.07) is -0.510. The number of unbranched alkanes of at least 4 members (excludes halogenated alkanes) is 4. The summed E-state index contributed by atoms with van der Waals surface area (Å²) < 4.78 is -0.517. The van der Waals surface area contributed by atoms with Gasteiger partial charge in [-0.3, -0.25) is 14.4 Å². The van der Waals surface area contributed by atoms with Crippen LogP contribution in [-0.2, 0) is 14.4 Å². The van der Waals surface area contributed by atoms with Gasteiger partial charge in [0.15, 0.2) is 0 Å². The maximum absolute atomic E-state index is 13.8. The Morgan fingerprint density at radius 2 is 1.78 bits per heavy atom. The van der Waals surface area contributed by atoms with Crippen LogP contribution >= 0.6 is 11.8 Å². The molecule has 0 aromatic heterocycles. The Bertz CT molecular complexity index is 690. The molecule has 3 aliphatic rings. The molecular weight excluding hydrogens is 426 g/mol. The van der Waals surface area contributed by atoms with Crippen LogP contribution in [0.15, 0.2) is 0 Å². The van der Waals surface area contributed by atoms with Gasteiger partial charge in [-0.15, -0.1) is 11.8 Å². The summed E-state index contributed by atoms with van der Waals surface area (Å²) in [4.78, 5) is 42.2. The molecule has 6 atom stereocenters. The summed E-state index contributed by atoms with van der Waals surface area (Å²) in [5, 5.41) is 15.3. The van der Waals surface area contributed by atoms with Crippen molar-refractivity contribution >= 4 is 29.5 Å². The first kappa shape index (κ1) is 25.3. The van der Waals surface area contributed by atoms with Crippen LogP contribution in [0.1, 0.15) is 72.1 Å². The first-order valence-electron chi connectivity index (χ1n) is 12.6. The van der Waals surface area contributed by atoms with E-state index in [9.17, 15) is 14.4 Å². The molecule has 3 unspecified atom stereocenters. The number of rotatable bonds is 13. The second kappa shape index (κ2) is 11.2. The van der Waals surface area contributed by atoms with E-state index >= 15 is 0 Å². The Balaban J connectivity index is 1.86. The predicted octanol–water partition coefficient (Wildman–Crippen LogP) is 2.32. The van der Waals surface area contributed by atoms with E-state index in [1.54, 1.807) is 16.7 Å². The molecule has 8 heteroatoms. The molecule has 3 aliphatic heterocycles. The largest absolute Gasteiger partial charge is 0.396 e. The lowest BCUT2D eigenvalue weighted by atomic mass is 9.66. The number of hydrogen-bond acceptors (Lipinski definition) is 5. The van der Waals surface area contributed by atoms with Crippen LogP contribution in [0.2, 0.25) is 0 Å². The summed E-state index contributed by atoms with van der Waals surface area (Å²) in [7, 11) is 0. The standard InChI is InChI=1S/C24H41N3O4S/c1-4-6-12-26-22(30)20-24-16(3)15-17(32-24)18(21(29)25-11-5-2)19(24)23(31)27(20)13-9-7-8-10-14-28/h16-20,28H,4-15H2,1-3H3,(H,25,29)(H,26,30)/t16?,17-,18+,19+,20?,24?/m1/s1. The van der Waals surface area contributed by atoms with E-state index in [1.165, 1.54) is 0 Å². The lowest BCUT2D eigenvalue weighted by molar-refractivity contribution is -0.140. The number of hydrogen-bond donors (Lipinski definition) is 3. The summed E-state index contributed by atoms with van der Waals surface area (Å²) in [6.07, 6.45) is 7.04. The molecule has 3 fully saturated rings. The van der Waals surface area contributed by atoms with Crippen LogP contribution in [0.4, 0.5) is 0 Å². The highest BCUT2D eigenvalue weighted by Crippen LogP contribution is 2.68. The number of likely N-dealkylation sites (tertiary alicyclic amines) is 1. The van der Waals surface area contributed by atoms with Gasteiger partial charge in [0.1, 0.15) is 6.04 Å². The lowest BCUT2D eigenvalue weighted by Crippen LogP contribution is -2.56. The Morgan fingerprint density at radius 3 is 2.47 bits per heavy atom. The second-order valence-electron chi connectivity index (χ2n) is 9.66. The number of nitrogens with one attached hydrogen (secondary N) is 2. The summed E-state index contributed by atoms with van der Waals surface area (Å²) in [5.41, 5.74) is 0. The lowest BCUT2D eigenvalue weighted by Gasteiger charge is -2.38. The van der Waals surface area contributed by atoms with Crippen molar-refractivity contribution in [3.05, 3.63) is 0 Å². The molecule has 0 aromatic rings. The number of nitrogens with zero attached hydrogens (tertiary/aromatic N) is 1. The number of aliphatic hydroxyl groups is 1. The highest BCUT2D eigenvalue weighted by Gasteiger charge is 2.75. The fourth-order valence-corrected chi connectivity index (χ4v) is 8.38. The molecule has 3 N–H and O–H groups in total. The van der Waals surface area contributed by atoms with E-state index in [0.717, 1.165) is 51.4 Å². The molecular formula is C24H41N3O4S. The monoisotopic (exact) mass is 467 g/mol. The summed E-state index contributed by atoms with van der Waals surface area (Å²) in [6.45, 7) is 8.23. The average Bonchev–Trinajstić information content (AvgIpc) is 3.36. The van der Waals surface area contributed by atoms with Gasteiger partial charge in [-0.2, -0.15) is 0 Å². The predicted molar refractivity (Wildman–Crippen MR) is 127 cm³/mol. The first-order chi connectivity index (χ1) is 15.4. The van der Waals surface area contributed by atoms with Gasteiger partial charge >= 0.3 is 0 Å². The number of aliphatic hydroxyl groups excluding tert-OH is 1. The average molecular weight is 468 g/mol. The summed E-state index contributed by atoms with van der Waals surface area (Å²) in [5.74, 6) is -0.646. The third kappa shape index (κ3) is 4.54. The van der Waals surface area contributed by atoms with E-state index < -0.39 is 16.7 Å². The van der Waals surface area contributed by atoms with E-state index in [4.69, 9.17) is 5.11 Å². The minimum Gasteiger partial charge on any atom is -0.396 e. The van der Waals surface area contributed by atoms with Crippen LogP contribution in [-0.4, -0.2) is 70.0 Å². The molecule has 0 aliphatic carbocycles. The fourth-order valence-electron chi connectivity index (χ4n) is 5.96. The maximum atomic E-state index is 13.8. The number of carbonyl (C=O) groups excluding carboxylic acids is 3. The van der Waals surface area contributed by atoms with Gasteiger partial charge in [-0.05, 0) is 38.0 Å². The normalized spacial score (nSPS) is 32.9. The number of fused-ring (bicyclic) bond motifs is 1. The van der Waals surface area contributed by atoms with Crippen molar-refractivity contribution < 1.29 is 19.5 Å². The van der Waals surface area contributed by atoms with Gasteiger partial charge in [0.2, 0.25) is 17.7 Å². The SMILES string of the molecule is CCCCNC(=O)C1N(CCCCCCO)C(=O)[C@@H]2[C@@H](C(=O)NCCC)[C@H]3CC(C)C12S3. The quantitative estimate of drug-likeness (QED) is 0.361. The van der Waals surface area contributed by atoms with Crippen molar-refractivity contribution in [1.29, 1.82) is 0 Å². The van der Waals surface area contributed by atoms with Gasteiger partial charge in [0.05, 0.1) is 16.6 Å². The number of thioether (sulfide) groups is 1. The number of amides is 3. The van der Waals surface area contributed by atoms with E-state index in [1.807, 2.05) is 6.92 Å². The van der Waals surface area contributed by atoms with Gasteiger partial charge in [0, 0.05) is 31.5 Å². The highest BCUT2D eigenvalue weighted by molar-refractivity contribution is 8.02. The van der Waals surface area contributed by atoms with Crippen molar-refractivity contribution in [3.63, 3.8) is 0 Å². The molecule has 2 bridgehead atoms. The molecule has 0 saturated carbocycles. The van der Waals surface area contributed by atoms with Gasteiger partial charge in [-0.1, -0.05) is 40.0 Å². The zero-order chi connectivity index (χ0) is 23.3. The van der Waals surface area contributed by atoms with Crippen LogP contribution in [0.5, 0.6) is 0 Å². The molecule has 182 valence electrons. The van der Waals surface area contributed by atoms with E-state index in [-0.39, 0.29) is 41.4 Å². The van der Waals surface area contributed by atoms with Crippen LogP contribution in [0, 0.1) is 17.8 Å². The molecule has 3 rings (SSSR count). The zero-order valence-electron chi connectivity index (χ0n) is 19.9. The Morgan fingerprint density at radius 1 is 1.06 bits per heavy atom. The smallest absolute Gasteiger partial charge is 0.244 e. The Labute approximate surface area is 196 Å². The van der Waals surface area contributed by atoms with Crippen molar-refractivity contribution in [3.8, 4) is 0 Å². The van der Waals surface area contributed by atoms with Crippen LogP contribution < -0.4 is 10.6 Å². The molecule has 0 radical (unpaired) electrons. The maximum Gasteiger partial charge on any atom is 0.244 e. The topological polar surface area (TPSA) is 98.7 Å². The number of carbonyl (C=O) groups is 3. The van der Waals surface area contributed by atoms with Crippen LogP contribution in [0.3, 0.4) is 0 Å². The molecule has 3 amide bonds. The molecule has 1 spiro atoms. The molecule has 32 heavy (non-hydrogen) atoms. The molecule has 3 heterocycles. The molecule has 7 nitrogen and oxygen atoms in total. The Kier molecular flexibility index (Phi) is 8.90. The Hall–Kier alpha value is -1.28. The van der Waals surface area contributed by atoms with Crippen molar-refractivity contribution in [2.24, 2.45) is 17.8 Å². The van der Waals surface area contributed by atoms with Crippen LogP contribution in [0.25, 0.3) is 0 Å². The minimum atomic E-state index is -0.517. The highest BCUT2D eigenvalue weighted by atomic mass is 32.2. The van der Waals surface area contributed by atoms with Gasteiger partial charge in [0.25, 0.3) is 0 Å².